The molecule has 0 saturated carbocycles. The smallest absolute Gasteiger partial charge is 0.243 e. The molecular formula is C14H21FN2O3S. The molecule has 1 aliphatic heterocycles. The van der Waals surface area contributed by atoms with Gasteiger partial charge in [-0.2, -0.15) is 4.31 Å². The van der Waals surface area contributed by atoms with Crippen LogP contribution in [0.25, 0.3) is 0 Å². The maximum atomic E-state index is 13.9. The van der Waals surface area contributed by atoms with Gasteiger partial charge in [-0.25, -0.2) is 12.8 Å². The van der Waals surface area contributed by atoms with Gasteiger partial charge in [0.05, 0.1) is 17.6 Å². The van der Waals surface area contributed by atoms with Gasteiger partial charge in [0.25, 0.3) is 0 Å². The molecule has 21 heavy (non-hydrogen) atoms. The highest BCUT2D eigenvalue weighted by molar-refractivity contribution is 7.89. The second kappa shape index (κ2) is 6.00. The van der Waals surface area contributed by atoms with E-state index < -0.39 is 15.8 Å². The Balaban J connectivity index is 2.51. The van der Waals surface area contributed by atoms with Crippen LogP contribution in [0.15, 0.2) is 17.0 Å². The van der Waals surface area contributed by atoms with E-state index in [1.54, 1.807) is 6.92 Å². The molecule has 2 unspecified atom stereocenters. The number of sulfonamides is 1. The molecule has 1 aliphatic rings. The predicted octanol–water partition coefficient (Wildman–Crippen LogP) is 1.39. The van der Waals surface area contributed by atoms with Gasteiger partial charge in [0.15, 0.2) is 0 Å². The summed E-state index contributed by atoms with van der Waals surface area (Å²) in [5.41, 5.74) is 6.10. The first-order chi connectivity index (χ1) is 9.77. The van der Waals surface area contributed by atoms with Crippen LogP contribution in [-0.4, -0.2) is 38.0 Å². The molecule has 118 valence electrons. The lowest BCUT2D eigenvalue weighted by Crippen LogP contribution is -2.50. The molecule has 5 nitrogen and oxygen atoms in total. The van der Waals surface area contributed by atoms with Crippen LogP contribution in [0.2, 0.25) is 0 Å². The van der Waals surface area contributed by atoms with Gasteiger partial charge >= 0.3 is 0 Å². The lowest BCUT2D eigenvalue weighted by Gasteiger charge is -2.36. The largest absolute Gasteiger partial charge is 0.375 e. The highest BCUT2D eigenvalue weighted by Crippen LogP contribution is 2.27. The summed E-state index contributed by atoms with van der Waals surface area (Å²) < 4.78 is 46.5. The van der Waals surface area contributed by atoms with E-state index in [4.69, 9.17) is 10.5 Å². The molecule has 0 bridgehead atoms. The van der Waals surface area contributed by atoms with E-state index in [0.29, 0.717) is 12.2 Å². The number of benzene rings is 1. The molecule has 1 fully saturated rings. The van der Waals surface area contributed by atoms with Gasteiger partial charge in [-0.05, 0) is 38.5 Å². The van der Waals surface area contributed by atoms with E-state index in [-0.39, 0.29) is 35.7 Å². The molecule has 0 amide bonds. The molecule has 2 atom stereocenters. The number of halogens is 1. The Kier molecular flexibility index (Phi) is 4.67. The summed E-state index contributed by atoms with van der Waals surface area (Å²) in [5, 5.41) is 0. The number of nitrogens with zero attached hydrogens (tertiary/aromatic N) is 1. The summed E-state index contributed by atoms with van der Waals surface area (Å²) in [6, 6.07) is 2.45. The Morgan fingerprint density at radius 3 is 2.71 bits per heavy atom. The molecule has 0 spiro atoms. The topological polar surface area (TPSA) is 72.6 Å². The standard InChI is InChI=1S/C14H21FN2O3S/c1-9-8-20-10(2)7-17(9)21(18,19)14-5-12(6-16)4-13(15)11(14)3/h4-5,9-10H,6-8,16H2,1-3H3. The molecular weight excluding hydrogens is 295 g/mol. The quantitative estimate of drug-likeness (QED) is 0.914. The average molecular weight is 316 g/mol. The number of rotatable bonds is 3. The summed E-state index contributed by atoms with van der Waals surface area (Å²) in [5.74, 6) is -0.550. The van der Waals surface area contributed by atoms with Crippen molar-refractivity contribution in [3.05, 3.63) is 29.1 Å². The Morgan fingerprint density at radius 2 is 2.10 bits per heavy atom. The van der Waals surface area contributed by atoms with Gasteiger partial charge in [-0.3, -0.25) is 0 Å². The van der Waals surface area contributed by atoms with E-state index in [2.05, 4.69) is 0 Å². The van der Waals surface area contributed by atoms with Gasteiger partial charge in [-0.1, -0.05) is 0 Å². The molecule has 0 aliphatic carbocycles. The lowest BCUT2D eigenvalue weighted by atomic mass is 10.1. The fourth-order valence-corrected chi connectivity index (χ4v) is 4.41. The van der Waals surface area contributed by atoms with E-state index in [0.717, 1.165) is 0 Å². The fraction of sp³-hybridized carbons (Fsp3) is 0.571. The van der Waals surface area contributed by atoms with Gasteiger partial charge in [0.1, 0.15) is 5.82 Å². The molecule has 0 aromatic heterocycles. The maximum absolute atomic E-state index is 13.9. The maximum Gasteiger partial charge on any atom is 0.243 e. The van der Waals surface area contributed by atoms with Crippen molar-refractivity contribution in [1.29, 1.82) is 0 Å². The summed E-state index contributed by atoms with van der Waals surface area (Å²) in [6.45, 7) is 5.75. The first kappa shape index (κ1) is 16.4. The Morgan fingerprint density at radius 1 is 1.43 bits per heavy atom. The lowest BCUT2D eigenvalue weighted by molar-refractivity contribution is -0.0170. The van der Waals surface area contributed by atoms with Crippen LogP contribution in [0.1, 0.15) is 25.0 Å². The minimum atomic E-state index is -3.77. The van der Waals surface area contributed by atoms with Crippen LogP contribution in [0.5, 0.6) is 0 Å². The van der Waals surface area contributed by atoms with Crippen LogP contribution < -0.4 is 5.73 Å². The fourth-order valence-electron chi connectivity index (χ4n) is 2.43. The zero-order chi connectivity index (χ0) is 15.8. The van der Waals surface area contributed by atoms with Gasteiger partial charge in [0, 0.05) is 24.7 Å². The van der Waals surface area contributed by atoms with Gasteiger partial charge in [0.2, 0.25) is 10.0 Å². The zero-order valence-corrected chi connectivity index (χ0v) is 13.3. The molecule has 7 heteroatoms. The van der Waals surface area contributed by atoms with Gasteiger partial charge in [-0.15, -0.1) is 0 Å². The van der Waals surface area contributed by atoms with Crippen molar-refractivity contribution in [3.63, 3.8) is 0 Å². The normalized spacial score (nSPS) is 24.2. The number of hydrogen-bond acceptors (Lipinski definition) is 4. The summed E-state index contributed by atoms with van der Waals surface area (Å²) in [6.07, 6.45) is -0.182. The van der Waals surface area contributed by atoms with Crippen LogP contribution in [0.4, 0.5) is 4.39 Å². The molecule has 1 saturated heterocycles. The number of hydrogen-bond donors (Lipinski definition) is 1. The molecule has 2 N–H and O–H groups in total. The average Bonchev–Trinajstić information content (AvgIpc) is 2.43. The molecule has 1 heterocycles. The van der Waals surface area contributed by atoms with Gasteiger partial charge < -0.3 is 10.5 Å². The van der Waals surface area contributed by atoms with Crippen molar-refractivity contribution in [1.82, 2.24) is 4.31 Å². The van der Waals surface area contributed by atoms with Crippen molar-refractivity contribution in [2.75, 3.05) is 13.2 Å². The highest BCUT2D eigenvalue weighted by atomic mass is 32.2. The minimum Gasteiger partial charge on any atom is -0.375 e. The second-order valence-electron chi connectivity index (χ2n) is 5.47. The van der Waals surface area contributed by atoms with Crippen molar-refractivity contribution in [2.24, 2.45) is 5.73 Å². The monoisotopic (exact) mass is 316 g/mol. The third kappa shape index (κ3) is 3.11. The Bertz CT molecular complexity index is 633. The summed E-state index contributed by atoms with van der Waals surface area (Å²) in [7, 11) is -3.77. The highest BCUT2D eigenvalue weighted by Gasteiger charge is 2.35. The molecule has 1 aromatic carbocycles. The van der Waals surface area contributed by atoms with Crippen LogP contribution in [-0.2, 0) is 21.3 Å². The van der Waals surface area contributed by atoms with Crippen molar-refractivity contribution < 1.29 is 17.5 Å². The predicted molar refractivity (Wildman–Crippen MR) is 77.8 cm³/mol. The number of nitrogens with two attached hydrogens (primary N) is 1. The Hall–Kier alpha value is -1.02. The van der Waals surface area contributed by atoms with E-state index >= 15 is 0 Å². The van der Waals surface area contributed by atoms with Crippen LogP contribution >= 0.6 is 0 Å². The van der Waals surface area contributed by atoms with E-state index in [9.17, 15) is 12.8 Å². The summed E-state index contributed by atoms with van der Waals surface area (Å²) >= 11 is 0. The first-order valence-corrected chi connectivity index (χ1v) is 8.34. The second-order valence-corrected chi connectivity index (χ2v) is 7.33. The van der Waals surface area contributed by atoms with Crippen LogP contribution in [0.3, 0.4) is 0 Å². The third-order valence-corrected chi connectivity index (χ3v) is 5.84. The van der Waals surface area contributed by atoms with Crippen molar-refractivity contribution >= 4 is 10.0 Å². The van der Waals surface area contributed by atoms with E-state index in [1.165, 1.54) is 23.4 Å². The van der Waals surface area contributed by atoms with Crippen molar-refractivity contribution in [2.45, 2.75) is 44.4 Å². The summed E-state index contributed by atoms with van der Waals surface area (Å²) in [4.78, 5) is -0.0103. The Labute approximate surface area is 124 Å². The number of morpholine rings is 1. The minimum absolute atomic E-state index is 0.0103. The van der Waals surface area contributed by atoms with Crippen LogP contribution in [0, 0.1) is 12.7 Å². The number of ether oxygens (including phenoxy) is 1. The molecule has 0 radical (unpaired) electrons. The van der Waals surface area contributed by atoms with E-state index in [1.807, 2.05) is 6.92 Å². The third-order valence-electron chi connectivity index (χ3n) is 3.73. The molecule has 1 aromatic rings. The SMILES string of the molecule is Cc1c(F)cc(CN)cc1S(=O)(=O)N1CC(C)OCC1C. The first-order valence-electron chi connectivity index (χ1n) is 6.90. The molecule has 2 rings (SSSR count). The zero-order valence-electron chi connectivity index (χ0n) is 12.5. The van der Waals surface area contributed by atoms with Crippen molar-refractivity contribution in [3.8, 4) is 0 Å².